The smallest absolute Gasteiger partial charge is 0.306 e. The minimum atomic E-state index is -0.791. The second-order valence-electron chi connectivity index (χ2n) is 5.33. The molecule has 20 heavy (non-hydrogen) atoms. The van der Waals surface area contributed by atoms with E-state index in [-0.39, 0.29) is 23.8 Å². The molecule has 4 nitrogen and oxygen atoms in total. The van der Waals surface area contributed by atoms with E-state index in [1.807, 2.05) is 31.2 Å². The average molecular weight is 340 g/mol. The molecule has 1 aromatic carbocycles. The van der Waals surface area contributed by atoms with E-state index in [2.05, 4.69) is 21.2 Å². The van der Waals surface area contributed by atoms with Crippen LogP contribution in [0.2, 0.25) is 0 Å². The van der Waals surface area contributed by atoms with E-state index >= 15 is 0 Å². The van der Waals surface area contributed by atoms with Gasteiger partial charge in [0.25, 0.3) is 0 Å². The van der Waals surface area contributed by atoms with Crippen molar-refractivity contribution >= 4 is 27.8 Å². The van der Waals surface area contributed by atoms with Crippen LogP contribution in [0, 0.1) is 11.8 Å². The van der Waals surface area contributed by atoms with E-state index < -0.39 is 5.97 Å². The van der Waals surface area contributed by atoms with Crippen molar-refractivity contribution in [3.63, 3.8) is 0 Å². The summed E-state index contributed by atoms with van der Waals surface area (Å²) in [5.74, 6) is -1.37. The number of nitrogens with one attached hydrogen (secondary N) is 1. The number of aliphatic carboxylic acids is 1. The first-order chi connectivity index (χ1) is 9.47. The van der Waals surface area contributed by atoms with E-state index in [0.717, 1.165) is 10.0 Å². The molecule has 1 fully saturated rings. The summed E-state index contributed by atoms with van der Waals surface area (Å²) in [5, 5.41) is 11.9. The van der Waals surface area contributed by atoms with Crippen LogP contribution in [-0.2, 0) is 9.59 Å². The van der Waals surface area contributed by atoms with Gasteiger partial charge in [0, 0.05) is 10.4 Å². The molecular weight excluding hydrogens is 322 g/mol. The van der Waals surface area contributed by atoms with Gasteiger partial charge in [0.2, 0.25) is 5.91 Å². The summed E-state index contributed by atoms with van der Waals surface area (Å²) in [4.78, 5) is 23.1. The SMILES string of the molecule is C[C@@H](NC(=O)C1CCC(C(=O)O)C1)c1ccc(Br)cc1. The Hall–Kier alpha value is -1.36. The maximum Gasteiger partial charge on any atom is 0.306 e. The molecule has 2 unspecified atom stereocenters. The van der Waals surface area contributed by atoms with E-state index in [9.17, 15) is 9.59 Å². The molecule has 3 atom stereocenters. The molecule has 0 bridgehead atoms. The van der Waals surface area contributed by atoms with Gasteiger partial charge in [0.15, 0.2) is 0 Å². The summed E-state index contributed by atoms with van der Waals surface area (Å²) >= 11 is 3.38. The van der Waals surface area contributed by atoms with Crippen LogP contribution < -0.4 is 5.32 Å². The van der Waals surface area contributed by atoms with Crippen molar-refractivity contribution in [3.05, 3.63) is 34.3 Å². The summed E-state index contributed by atoms with van der Waals surface area (Å²) in [6.07, 6.45) is 1.71. The lowest BCUT2D eigenvalue weighted by Gasteiger charge is -2.17. The van der Waals surface area contributed by atoms with Gasteiger partial charge in [-0.1, -0.05) is 28.1 Å². The molecule has 1 aliphatic carbocycles. The van der Waals surface area contributed by atoms with Crippen molar-refractivity contribution in [2.45, 2.75) is 32.2 Å². The quantitative estimate of drug-likeness (QED) is 0.885. The van der Waals surface area contributed by atoms with Crippen LogP contribution in [0.15, 0.2) is 28.7 Å². The molecule has 0 saturated heterocycles. The molecule has 108 valence electrons. The summed E-state index contributed by atoms with van der Waals surface area (Å²) in [5.41, 5.74) is 1.04. The predicted octanol–water partition coefficient (Wildman–Crippen LogP) is 3.13. The third kappa shape index (κ3) is 3.60. The minimum absolute atomic E-state index is 0.0378. The standard InChI is InChI=1S/C15H18BrNO3/c1-9(10-4-6-13(16)7-5-10)17-14(18)11-2-3-12(8-11)15(19)20/h4-7,9,11-12H,2-3,8H2,1H3,(H,17,18)(H,19,20)/t9-,11?,12?/m1/s1. The lowest BCUT2D eigenvalue weighted by Crippen LogP contribution is -2.32. The summed E-state index contributed by atoms with van der Waals surface area (Å²) in [7, 11) is 0. The lowest BCUT2D eigenvalue weighted by molar-refractivity contribution is -0.141. The molecule has 0 aliphatic heterocycles. The Labute approximate surface area is 126 Å². The second kappa shape index (κ2) is 6.39. The molecule has 5 heteroatoms. The van der Waals surface area contributed by atoms with E-state index in [1.165, 1.54) is 0 Å². The fourth-order valence-electron chi connectivity index (χ4n) is 2.61. The van der Waals surface area contributed by atoms with Gasteiger partial charge < -0.3 is 10.4 Å². The fraction of sp³-hybridized carbons (Fsp3) is 0.467. The normalized spacial score (nSPS) is 23.3. The Morgan fingerprint density at radius 1 is 1.25 bits per heavy atom. The molecule has 0 heterocycles. The minimum Gasteiger partial charge on any atom is -0.481 e. The van der Waals surface area contributed by atoms with Crippen molar-refractivity contribution in [2.75, 3.05) is 0 Å². The number of hydrogen-bond donors (Lipinski definition) is 2. The molecule has 1 aliphatic rings. The number of rotatable bonds is 4. The van der Waals surface area contributed by atoms with Gasteiger partial charge in [-0.2, -0.15) is 0 Å². The van der Waals surface area contributed by atoms with Crippen molar-refractivity contribution in [1.82, 2.24) is 5.32 Å². The van der Waals surface area contributed by atoms with E-state index in [0.29, 0.717) is 19.3 Å². The molecule has 1 saturated carbocycles. The number of amides is 1. The van der Waals surface area contributed by atoms with Gasteiger partial charge in [-0.15, -0.1) is 0 Å². The van der Waals surface area contributed by atoms with Crippen molar-refractivity contribution in [1.29, 1.82) is 0 Å². The summed E-state index contributed by atoms with van der Waals surface area (Å²) in [6.45, 7) is 1.94. The summed E-state index contributed by atoms with van der Waals surface area (Å²) in [6, 6.07) is 7.73. The predicted molar refractivity (Wildman–Crippen MR) is 79.2 cm³/mol. The third-order valence-corrected chi connectivity index (χ3v) is 4.41. The number of benzene rings is 1. The van der Waals surface area contributed by atoms with Gasteiger partial charge in [-0.05, 0) is 43.9 Å². The van der Waals surface area contributed by atoms with Gasteiger partial charge in [-0.3, -0.25) is 9.59 Å². The Morgan fingerprint density at radius 3 is 2.40 bits per heavy atom. The molecule has 0 spiro atoms. The molecule has 2 N–H and O–H groups in total. The van der Waals surface area contributed by atoms with Crippen LogP contribution in [0.3, 0.4) is 0 Å². The maximum atomic E-state index is 12.2. The van der Waals surface area contributed by atoms with Gasteiger partial charge in [0.05, 0.1) is 12.0 Å². The van der Waals surface area contributed by atoms with Gasteiger partial charge >= 0.3 is 5.97 Å². The van der Waals surface area contributed by atoms with Crippen molar-refractivity contribution < 1.29 is 14.7 Å². The first-order valence-electron chi connectivity index (χ1n) is 6.76. The monoisotopic (exact) mass is 339 g/mol. The third-order valence-electron chi connectivity index (χ3n) is 3.88. The maximum absolute atomic E-state index is 12.2. The summed E-state index contributed by atoms with van der Waals surface area (Å²) < 4.78 is 1.000. The van der Waals surface area contributed by atoms with E-state index in [1.54, 1.807) is 0 Å². The molecule has 1 amide bonds. The number of hydrogen-bond acceptors (Lipinski definition) is 2. The number of carbonyl (C=O) groups excluding carboxylic acids is 1. The number of halogens is 1. The van der Waals surface area contributed by atoms with Crippen LogP contribution in [0.25, 0.3) is 0 Å². The molecule has 1 aromatic rings. The van der Waals surface area contributed by atoms with Gasteiger partial charge in [-0.25, -0.2) is 0 Å². The fourth-order valence-corrected chi connectivity index (χ4v) is 2.87. The molecular formula is C15H18BrNO3. The van der Waals surface area contributed by atoms with E-state index in [4.69, 9.17) is 5.11 Å². The molecule has 0 radical (unpaired) electrons. The average Bonchev–Trinajstić information content (AvgIpc) is 2.89. The molecule has 0 aromatic heterocycles. The zero-order valence-electron chi connectivity index (χ0n) is 11.3. The van der Waals surface area contributed by atoms with Crippen molar-refractivity contribution in [3.8, 4) is 0 Å². The number of carboxylic acid groups (broad SMARTS) is 1. The van der Waals surface area contributed by atoms with Crippen LogP contribution in [-0.4, -0.2) is 17.0 Å². The first-order valence-corrected chi connectivity index (χ1v) is 7.55. The highest BCUT2D eigenvalue weighted by Crippen LogP contribution is 2.31. The zero-order valence-corrected chi connectivity index (χ0v) is 12.9. The zero-order chi connectivity index (χ0) is 14.7. The molecule has 2 rings (SSSR count). The Bertz CT molecular complexity index is 500. The second-order valence-corrected chi connectivity index (χ2v) is 6.24. The Morgan fingerprint density at radius 2 is 1.85 bits per heavy atom. The topological polar surface area (TPSA) is 66.4 Å². The highest BCUT2D eigenvalue weighted by molar-refractivity contribution is 9.10. The van der Waals surface area contributed by atoms with Crippen LogP contribution >= 0.6 is 15.9 Å². The van der Waals surface area contributed by atoms with Crippen LogP contribution in [0.1, 0.15) is 37.8 Å². The first kappa shape index (κ1) is 15.0. The number of carbonyl (C=O) groups is 2. The highest BCUT2D eigenvalue weighted by Gasteiger charge is 2.34. The Balaban J connectivity index is 1.91. The Kier molecular flexibility index (Phi) is 4.81. The largest absolute Gasteiger partial charge is 0.481 e. The number of carboxylic acids is 1. The van der Waals surface area contributed by atoms with Crippen LogP contribution in [0.5, 0.6) is 0 Å². The highest BCUT2D eigenvalue weighted by atomic mass is 79.9. The van der Waals surface area contributed by atoms with Gasteiger partial charge in [0.1, 0.15) is 0 Å². The van der Waals surface area contributed by atoms with Crippen molar-refractivity contribution in [2.24, 2.45) is 11.8 Å². The van der Waals surface area contributed by atoms with Crippen LogP contribution in [0.4, 0.5) is 0 Å². The lowest BCUT2D eigenvalue weighted by atomic mass is 10.0.